The molecule has 0 aromatic heterocycles. The van der Waals surface area contributed by atoms with Gasteiger partial charge in [0.05, 0.1) is 17.0 Å². The topological polar surface area (TPSA) is 61.1 Å². The monoisotopic (exact) mass is 213 g/mol. The van der Waals surface area contributed by atoms with Gasteiger partial charge in [-0.3, -0.25) is 4.79 Å². The molecule has 0 radical (unpaired) electrons. The van der Waals surface area contributed by atoms with E-state index in [-0.39, 0.29) is 17.0 Å². The van der Waals surface area contributed by atoms with E-state index in [4.69, 9.17) is 16.9 Å². The summed E-state index contributed by atoms with van der Waals surface area (Å²) < 4.78 is 13.1. The molecule has 1 aromatic carbocycles. The Bertz CT molecular complexity index is 426. The maximum Gasteiger partial charge on any atom is 0.180 e. The van der Waals surface area contributed by atoms with Gasteiger partial charge in [0.1, 0.15) is 17.6 Å². The summed E-state index contributed by atoms with van der Waals surface area (Å²) in [6.07, 6.45) is 0. The lowest BCUT2D eigenvalue weighted by Crippen LogP contribution is -2.04. The molecule has 0 spiro atoms. The van der Waals surface area contributed by atoms with Crippen LogP contribution in [0.5, 0.6) is 5.75 Å². The zero-order valence-electron chi connectivity index (χ0n) is 6.92. The van der Waals surface area contributed by atoms with Crippen molar-refractivity contribution < 1.29 is 14.3 Å². The molecule has 0 heterocycles. The van der Waals surface area contributed by atoms with Crippen molar-refractivity contribution in [1.82, 2.24) is 0 Å². The minimum absolute atomic E-state index is 0.214. The van der Waals surface area contributed by atoms with Gasteiger partial charge in [-0.25, -0.2) is 4.39 Å². The van der Waals surface area contributed by atoms with Crippen LogP contribution in [0.2, 0.25) is 0 Å². The van der Waals surface area contributed by atoms with Gasteiger partial charge in [0, 0.05) is 0 Å². The van der Waals surface area contributed by atoms with E-state index in [1.54, 1.807) is 6.07 Å². The van der Waals surface area contributed by atoms with Gasteiger partial charge in [-0.1, -0.05) is 0 Å². The van der Waals surface area contributed by atoms with Gasteiger partial charge in [-0.2, -0.15) is 5.26 Å². The van der Waals surface area contributed by atoms with E-state index in [1.807, 2.05) is 0 Å². The summed E-state index contributed by atoms with van der Waals surface area (Å²) in [5, 5.41) is 17.6. The Hall–Kier alpha value is -1.60. The fourth-order valence-corrected chi connectivity index (χ4v) is 1.08. The molecule has 0 saturated carbocycles. The number of carbonyl (C=O) groups excluding carboxylic acids is 1. The van der Waals surface area contributed by atoms with Crippen LogP contribution in [0.25, 0.3) is 0 Å². The molecule has 0 fully saturated rings. The van der Waals surface area contributed by atoms with Gasteiger partial charge in [0.15, 0.2) is 5.78 Å². The van der Waals surface area contributed by atoms with Crippen LogP contribution in [0.15, 0.2) is 12.1 Å². The van der Waals surface area contributed by atoms with Crippen molar-refractivity contribution in [1.29, 1.82) is 5.26 Å². The smallest absolute Gasteiger partial charge is 0.180 e. The summed E-state index contributed by atoms with van der Waals surface area (Å²) in [5.74, 6) is -2.29. The summed E-state index contributed by atoms with van der Waals surface area (Å²) in [5.41, 5.74) is -0.523. The van der Waals surface area contributed by atoms with Crippen molar-refractivity contribution in [2.24, 2.45) is 0 Å². The average molecular weight is 214 g/mol. The second kappa shape index (κ2) is 4.07. The van der Waals surface area contributed by atoms with Gasteiger partial charge in [-0.05, 0) is 12.1 Å². The van der Waals surface area contributed by atoms with Crippen LogP contribution >= 0.6 is 11.6 Å². The second-order valence-electron chi connectivity index (χ2n) is 2.52. The SMILES string of the molecule is N#Cc1cc(F)c(C(=O)CCl)cc1O. The quantitative estimate of drug-likeness (QED) is 0.602. The molecule has 0 aliphatic heterocycles. The molecule has 0 aliphatic rings. The van der Waals surface area contributed by atoms with Crippen LogP contribution in [0.1, 0.15) is 15.9 Å². The van der Waals surface area contributed by atoms with Crippen molar-refractivity contribution >= 4 is 17.4 Å². The summed E-state index contributed by atoms with van der Waals surface area (Å²) in [4.78, 5) is 11.0. The number of ketones is 1. The zero-order valence-corrected chi connectivity index (χ0v) is 7.68. The van der Waals surface area contributed by atoms with E-state index in [0.717, 1.165) is 12.1 Å². The number of aromatic hydroxyl groups is 1. The maximum absolute atomic E-state index is 13.1. The first-order valence-corrected chi connectivity index (χ1v) is 4.15. The average Bonchev–Trinajstić information content (AvgIpc) is 2.19. The largest absolute Gasteiger partial charge is 0.507 e. The predicted octanol–water partition coefficient (Wildman–Crippen LogP) is 1.82. The Balaban J connectivity index is 3.30. The molecule has 0 aliphatic carbocycles. The lowest BCUT2D eigenvalue weighted by Gasteiger charge is -2.01. The number of hydrogen-bond donors (Lipinski definition) is 1. The molecular weight excluding hydrogens is 209 g/mol. The van der Waals surface area contributed by atoms with Crippen molar-refractivity contribution in [3.05, 3.63) is 29.1 Å². The van der Waals surface area contributed by atoms with Crippen LogP contribution < -0.4 is 0 Å². The summed E-state index contributed by atoms with van der Waals surface area (Å²) in [6.45, 7) is 0. The second-order valence-corrected chi connectivity index (χ2v) is 2.79. The standard InChI is InChI=1S/C9H5ClFNO2/c10-3-9(14)6-2-8(13)5(4-12)1-7(6)11/h1-2,13H,3H2. The number of phenolic OH excluding ortho intramolecular Hbond substituents is 1. The number of hydrogen-bond acceptors (Lipinski definition) is 3. The molecule has 5 heteroatoms. The number of alkyl halides is 1. The Labute approximate surface area is 84.3 Å². The van der Waals surface area contributed by atoms with Gasteiger partial charge in [0.2, 0.25) is 0 Å². The molecule has 0 bridgehead atoms. The highest BCUT2D eigenvalue weighted by molar-refractivity contribution is 6.30. The van der Waals surface area contributed by atoms with Crippen molar-refractivity contribution in [2.45, 2.75) is 0 Å². The number of rotatable bonds is 2. The molecule has 72 valence electrons. The number of halogens is 2. The van der Waals surface area contributed by atoms with E-state index < -0.39 is 17.3 Å². The van der Waals surface area contributed by atoms with E-state index >= 15 is 0 Å². The molecule has 3 nitrogen and oxygen atoms in total. The first-order valence-electron chi connectivity index (χ1n) is 3.62. The summed E-state index contributed by atoms with van der Waals surface area (Å²) >= 11 is 5.22. The minimum Gasteiger partial charge on any atom is -0.507 e. The lowest BCUT2D eigenvalue weighted by atomic mass is 10.1. The third-order valence-corrected chi connectivity index (χ3v) is 1.87. The normalized spacial score (nSPS) is 9.50. The molecule has 1 aromatic rings. The lowest BCUT2D eigenvalue weighted by molar-refractivity contribution is 0.101. The highest BCUT2D eigenvalue weighted by atomic mass is 35.5. The minimum atomic E-state index is -0.856. The van der Waals surface area contributed by atoms with E-state index in [9.17, 15) is 14.3 Å². The Morgan fingerprint density at radius 1 is 1.64 bits per heavy atom. The zero-order chi connectivity index (χ0) is 10.7. The Kier molecular flexibility index (Phi) is 3.05. The fourth-order valence-electron chi connectivity index (χ4n) is 0.937. The first-order chi connectivity index (χ1) is 6.60. The summed E-state index contributed by atoms with van der Waals surface area (Å²) in [6, 6.07) is 3.29. The molecule has 0 atom stereocenters. The first kappa shape index (κ1) is 10.5. The number of benzene rings is 1. The molecule has 0 unspecified atom stereocenters. The van der Waals surface area contributed by atoms with Crippen LogP contribution in [0.4, 0.5) is 4.39 Å². The highest BCUT2D eigenvalue weighted by Crippen LogP contribution is 2.21. The van der Waals surface area contributed by atoms with Crippen molar-refractivity contribution in [3.63, 3.8) is 0 Å². The van der Waals surface area contributed by atoms with E-state index in [1.165, 1.54) is 0 Å². The number of phenols is 1. The summed E-state index contributed by atoms with van der Waals surface area (Å²) in [7, 11) is 0. The molecule has 14 heavy (non-hydrogen) atoms. The predicted molar refractivity (Wildman–Crippen MR) is 47.8 cm³/mol. The van der Waals surface area contributed by atoms with E-state index in [2.05, 4.69) is 0 Å². The van der Waals surface area contributed by atoms with Gasteiger partial charge < -0.3 is 5.11 Å². The number of nitriles is 1. The number of carbonyl (C=O) groups is 1. The molecule has 1 rings (SSSR count). The number of nitrogens with zero attached hydrogens (tertiary/aromatic N) is 1. The van der Waals surface area contributed by atoms with E-state index in [0.29, 0.717) is 0 Å². The van der Waals surface area contributed by atoms with Gasteiger partial charge in [0.25, 0.3) is 0 Å². The Morgan fingerprint density at radius 3 is 2.79 bits per heavy atom. The number of Topliss-reactive ketones (excluding diaryl/α,β-unsaturated/α-hetero) is 1. The van der Waals surface area contributed by atoms with Crippen molar-refractivity contribution in [2.75, 3.05) is 5.88 Å². The van der Waals surface area contributed by atoms with Crippen LogP contribution in [-0.2, 0) is 0 Å². The molecular formula is C9H5ClFNO2. The van der Waals surface area contributed by atoms with Gasteiger partial charge in [-0.15, -0.1) is 11.6 Å². The van der Waals surface area contributed by atoms with Gasteiger partial charge >= 0.3 is 0 Å². The molecule has 0 saturated heterocycles. The maximum atomic E-state index is 13.1. The Morgan fingerprint density at radius 2 is 2.29 bits per heavy atom. The molecule has 0 amide bonds. The third-order valence-electron chi connectivity index (χ3n) is 1.63. The third kappa shape index (κ3) is 1.83. The van der Waals surface area contributed by atoms with Crippen LogP contribution in [0.3, 0.4) is 0 Å². The van der Waals surface area contributed by atoms with Crippen molar-refractivity contribution in [3.8, 4) is 11.8 Å². The van der Waals surface area contributed by atoms with Crippen LogP contribution in [-0.4, -0.2) is 16.8 Å². The fraction of sp³-hybridized carbons (Fsp3) is 0.111. The molecule has 1 N–H and O–H groups in total. The van der Waals surface area contributed by atoms with Crippen LogP contribution in [0, 0.1) is 17.1 Å². The highest BCUT2D eigenvalue weighted by Gasteiger charge is 2.14.